The minimum absolute atomic E-state index is 1.10. The van der Waals surface area contributed by atoms with Gasteiger partial charge in [0.1, 0.15) is 0 Å². The fourth-order valence-electron chi connectivity index (χ4n) is 4.42. The Hall–Kier alpha value is -3.10. The van der Waals surface area contributed by atoms with Gasteiger partial charge in [0, 0.05) is 20.9 Å². The van der Waals surface area contributed by atoms with Crippen molar-refractivity contribution >= 4 is 48.5 Å². The molecule has 0 amide bonds. The molecule has 1 aromatic heterocycles. The number of para-hydroxylation sites is 1. The van der Waals surface area contributed by atoms with Crippen molar-refractivity contribution in [2.24, 2.45) is 0 Å². The van der Waals surface area contributed by atoms with Gasteiger partial charge in [-0.05, 0) is 58.3 Å². The number of nitrogens with zero attached hydrogens (tertiary/aromatic N) is 1. The Labute approximate surface area is 171 Å². The van der Waals surface area contributed by atoms with Gasteiger partial charge in [-0.2, -0.15) is 0 Å². The lowest BCUT2D eigenvalue weighted by atomic mass is 9.95. The van der Waals surface area contributed by atoms with E-state index in [9.17, 15) is 0 Å². The molecule has 1 heterocycles. The molecular formula is C26H16BrN. The molecule has 0 fully saturated rings. The fraction of sp³-hybridized carbons (Fsp3) is 0. The highest BCUT2D eigenvalue weighted by Gasteiger charge is 2.18. The lowest BCUT2D eigenvalue weighted by molar-refractivity contribution is 1.18. The maximum absolute atomic E-state index is 3.55. The smallest absolute Gasteiger partial charge is 0.0547 e. The zero-order valence-electron chi connectivity index (χ0n) is 15.1. The predicted octanol–water partition coefficient (Wildman–Crippen LogP) is 7.80. The molecule has 28 heavy (non-hydrogen) atoms. The number of rotatable bonds is 2. The van der Waals surface area contributed by atoms with Crippen LogP contribution in [0.4, 0.5) is 0 Å². The van der Waals surface area contributed by atoms with Gasteiger partial charge in [-0.3, -0.25) is 0 Å². The van der Waals surface area contributed by atoms with Gasteiger partial charge in [0.25, 0.3) is 0 Å². The normalized spacial score (nSPS) is 11.8. The first-order chi connectivity index (χ1) is 13.8. The second-order valence-electron chi connectivity index (χ2n) is 7.17. The Morgan fingerprint density at radius 2 is 1.36 bits per heavy atom. The largest absolute Gasteiger partial charge is 0.309 e. The molecule has 5 aromatic carbocycles. The van der Waals surface area contributed by atoms with Gasteiger partial charge in [0.2, 0.25) is 0 Å². The van der Waals surface area contributed by atoms with E-state index in [1.54, 1.807) is 0 Å². The molecule has 0 aliphatic carbocycles. The van der Waals surface area contributed by atoms with Crippen molar-refractivity contribution in [1.29, 1.82) is 0 Å². The van der Waals surface area contributed by atoms with Crippen LogP contribution in [0.3, 0.4) is 0 Å². The van der Waals surface area contributed by atoms with E-state index in [4.69, 9.17) is 0 Å². The van der Waals surface area contributed by atoms with E-state index in [1.165, 1.54) is 49.4 Å². The maximum atomic E-state index is 3.55. The summed E-state index contributed by atoms with van der Waals surface area (Å²) in [6.07, 6.45) is 0. The third kappa shape index (κ3) is 2.18. The Morgan fingerprint density at radius 1 is 0.571 bits per heavy atom. The highest BCUT2D eigenvalue weighted by Crippen LogP contribution is 2.42. The van der Waals surface area contributed by atoms with Crippen molar-refractivity contribution < 1.29 is 0 Å². The van der Waals surface area contributed by atoms with Crippen LogP contribution in [-0.2, 0) is 0 Å². The molecule has 0 aliphatic rings. The van der Waals surface area contributed by atoms with E-state index in [2.05, 4.69) is 118 Å². The van der Waals surface area contributed by atoms with Crippen molar-refractivity contribution in [3.05, 3.63) is 102 Å². The number of hydrogen-bond acceptors (Lipinski definition) is 0. The van der Waals surface area contributed by atoms with Crippen LogP contribution in [0.25, 0.3) is 49.4 Å². The number of aromatic nitrogens is 1. The zero-order chi connectivity index (χ0) is 18.7. The van der Waals surface area contributed by atoms with Crippen LogP contribution in [0.1, 0.15) is 0 Å². The maximum Gasteiger partial charge on any atom is 0.0547 e. The Balaban J connectivity index is 1.78. The number of halogens is 1. The van der Waals surface area contributed by atoms with E-state index in [-0.39, 0.29) is 0 Å². The summed E-state index contributed by atoms with van der Waals surface area (Å²) in [5.41, 5.74) is 6.23. The van der Waals surface area contributed by atoms with Gasteiger partial charge in [0.05, 0.1) is 11.0 Å². The topological polar surface area (TPSA) is 4.93 Å². The summed E-state index contributed by atoms with van der Waals surface area (Å²) in [5, 5.41) is 5.28. The average molecular weight is 422 g/mol. The van der Waals surface area contributed by atoms with Crippen molar-refractivity contribution in [2.75, 3.05) is 0 Å². The molecule has 0 saturated heterocycles. The summed E-state index contributed by atoms with van der Waals surface area (Å²) in [7, 11) is 0. The lowest BCUT2D eigenvalue weighted by Gasteiger charge is -2.10. The molecule has 0 aliphatic heterocycles. The van der Waals surface area contributed by atoms with Crippen molar-refractivity contribution in [3.8, 4) is 16.8 Å². The van der Waals surface area contributed by atoms with Crippen molar-refractivity contribution in [1.82, 2.24) is 4.57 Å². The summed E-state index contributed by atoms with van der Waals surface area (Å²) in [5.74, 6) is 0. The van der Waals surface area contributed by atoms with Crippen LogP contribution in [0, 0.1) is 0 Å². The van der Waals surface area contributed by atoms with E-state index in [1.807, 2.05) is 0 Å². The standard InChI is InChI=1S/C26H16BrN/c27-19-12-9-17(10-13-19)21-15-16-24-26-22(21)14-11-18-5-4-8-23(25(18)26)28(24)20-6-2-1-3-7-20/h1-16H. The minimum atomic E-state index is 1.10. The van der Waals surface area contributed by atoms with Crippen LogP contribution < -0.4 is 0 Å². The second-order valence-corrected chi connectivity index (χ2v) is 8.09. The molecule has 1 nitrogen and oxygen atoms in total. The Morgan fingerprint density at radius 3 is 2.18 bits per heavy atom. The first kappa shape index (κ1) is 15.9. The van der Waals surface area contributed by atoms with Crippen LogP contribution in [0.2, 0.25) is 0 Å². The van der Waals surface area contributed by atoms with E-state index in [0.29, 0.717) is 0 Å². The summed E-state index contributed by atoms with van der Waals surface area (Å²) in [6, 6.07) is 34.9. The third-order valence-electron chi connectivity index (χ3n) is 5.63. The van der Waals surface area contributed by atoms with Gasteiger partial charge in [-0.15, -0.1) is 0 Å². The molecule has 0 bridgehead atoms. The van der Waals surface area contributed by atoms with Crippen LogP contribution in [0.5, 0.6) is 0 Å². The minimum Gasteiger partial charge on any atom is -0.309 e. The SMILES string of the molecule is Brc1ccc(-c2ccc3c4c2ccc2cccc(c24)n3-c2ccccc2)cc1. The monoisotopic (exact) mass is 421 g/mol. The van der Waals surface area contributed by atoms with E-state index < -0.39 is 0 Å². The average Bonchev–Trinajstić information content (AvgIpc) is 3.09. The van der Waals surface area contributed by atoms with Gasteiger partial charge in [0.15, 0.2) is 0 Å². The molecule has 6 aromatic rings. The highest BCUT2D eigenvalue weighted by molar-refractivity contribution is 9.10. The van der Waals surface area contributed by atoms with Gasteiger partial charge in [-0.1, -0.05) is 76.6 Å². The van der Waals surface area contributed by atoms with E-state index in [0.717, 1.165) is 4.47 Å². The second kappa shape index (κ2) is 5.95. The molecule has 0 radical (unpaired) electrons. The summed E-state index contributed by atoms with van der Waals surface area (Å²) in [6.45, 7) is 0. The summed E-state index contributed by atoms with van der Waals surface area (Å²) >= 11 is 3.55. The molecule has 0 atom stereocenters. The van der Waals surface area contributed by atoms with Gasteiger partial charge in [-0.25, -0.2) is 0 Å². The van der Waals surface area contributed by atoms with Crippen LogP contribution in [-0.4, -0.2) is 4.57 Å². The molecule has 0 unspecified atom stereocenters. The zero-order valence-corrected chi connectivity index (χ0v) is 16.6. The van der Waals surface area contributed by atoms with Crippen molar-refractivity contribution in [2.45, 2.75) is 0 Å². The predicted molar refractivity (Wildman–Crippen MR) is 123 cm³/mol. The third-order valence-corrected chi connectivity index (χ3v) is 6.16. The molecular weight excluding hydrogens is 406 g/mol. The molecule has 0 spiro atoms. The summed E-state index contributed by atoms with van der Waals surface area (Å²) < 4.78 is 3.49. The molecule has 2 heteroatoms. The highest BCUT2D eigenvalue weighted by atomic mass is 79.9. The Kier molecular flexibility index (Phi) is 3.38. The summed E-state index contributed by atoms with van der Waals surface area (Å²) in [4.78, 5) is 0. The number of benzene rings is 5. The van der Waals surface area contributed by atoms with Gasteiger partial charge >= 0.3 is 0 Å². The molecule has 0 saturated carbocycles. The lowest BCUT2D eigenvalue weighted by Crippen LogP contribution is -1.92. The van der Waals surface area contributed by atoms with Crippen LogP contribution >= 0.6 is 15.9 Å². The van der Waals surface area contributed by atoms with Gasteiger partial charge < -0.3 is 4.57 Å². The molecule has 6 rings (SSSR count). The first-order valence-corrected chi connectivity index (χ1v) is 10.2. The Bertz CT molecular complexity index is 1440. The fourth-order valence-corrected chi connectivity index (χ4v) is 4.69. The van der Waals surface area contributed by atoms with E-state index >= 15 is 0 Å². The van der Waals surface area contributed by atoms with Crippen LogP contribution in [0.15, 0.2) is 102 Å². The molecule has 0 N–H and O–H groups in total. The first-order valence-electron chi connectivity index (χ1n) is 9.41. The quantitative estimate of drug-likeness (QED) is 0.251. The molecule has 132 valence electrons. The number of hydrogen-bond donors (Lipinski definition) is 0. The van der Waals surface area contributed by atoms with Crippen molar-refractivity contribution in [3.63, 3.8) is 0 Å².